The van der Waals surface area contributed by atoms with Crippen molar-refractivity contribution in [1.82, 2.24) is 0 Å². The predicted molar refractivity (Wildman–Crippen MR) is 120 cm³/mol. The Balaban J connectivity index is -0.00000000758. The van der Waals surface area contributed by atoms with E-state index in [9.17, 15) is 0 Å². The van der Waals surface area contributed by atoms with Crippen LogP contribution in [0.25, 0.3) is 0 Å². The van der Waals surface area contributed by atoms with Crippen molar-refractivity contribution in [1.29, 1.82) is 0 Å². The normalized spacial score (nSPS) is 7.63. The van der Waals surface area contributed by atoms with Gasteiger partial charge in [-0.25, -0.2) is 0 Å². The minimum absolute atomic E-state index is 0. The van der Waals surface area contributed by atoms with Crippen molar-refractivity contribution in [2.75, 3.05) is 0 Å². The van der Waals surface area contributed by atoms with Crippen LogP contribution in [-0.2, 0) is 79.4 Å². The van der Waals surface area contributed by atoms with Crippen LogP contribution >= 0.6 is 0 Å². The molecule has 0 radical (unpaired) electrons. The van der Waals surface area contributed by atoms with Gasteiger partial charge in [0.2, 0.25) is 0 Å². The molecule has 0 heterocycles. The average Bonchev–Trinajstić information content (AvgIpc) is 1.79. The van der Waals surface area contributed by atoms with Crippen LogP contribution in [0.2, 0.25) is 0 Å². The van der Waals surface area contributed by atoms with E-state index in [0.717, 1.165) is 0 Å². The molecule has 10 N–H and O–H groups in total. The molecule has 0 saturated heterocycles. The van der Waals surface area contributed by atoms with Crippen molar-refractivity contribution >= 4 is 272 Å². The van der Waals surface area contributed by atoms with Gasteiger partial charge < -0.3 is 27.4 Å². The molecule has 0 spiro atoms. The topological polar surface area (TPSA) is 516 Å². The first-order valence-corrected chi connectivity index (χ1v) is 10.5. The summed E-state index contributed by atoms with van der Waals surface area (Å²) in [7, 11) is -23.3. The van der Waals surface area contributed by atoms with Gasteiger partial charge in [-0.3, -0.25) is 45.5 Å². The van der Waals surface area contributed by atoms with Crippen LogP contribution in [0.3, 0.4) is 0 Å². The molecule has 0 saturated carbocycles. The molecule has 25 nitrogen and oxygen atoms in total. The first-order chi connectivity index (χ1) is 10.0. The van der Waals surface area contributed by atoms with Crippen LogP contribution < -0.4 is 0 Å². The van der Waals surface area contributed by atoms with Gasteiger partial charge in [0, 0.05) is 0 Å². The summed E-state index contributed by atoms with van der Waals surface area (Å²) in [6, 6.07) is 0. The first kappa shape index (κ1) is 120. The van der Waals surface area contributed by atoms with Crippen molar-refractivity contribution in [3.63, 3.8) is 0 Å². The van der Waals surface area contributed by atoms with E-state index in [1.54, 1.807) is 0 Å². The Morgan fingerprint density at radius 1 is 0.237 bits per heavy atom. The quantitative estimate of drug-likeness (QED) is 0.0800. The second-order valence-corrected chi connectivity index (χ2v) is 6.72. The summed E-state index contributed by atoms with van der Waals surface area (Å²) in [6.45, 7) is 0. The largest absolute Gasteiger partial charge is 3.00 e. The molecule has 200 valence electrons. The van der Waals surface area contributed by atoms with Gasteiger partial charge in [-0.2, -0.15) is 42.1 Å². The molecule has 0 aliphatic rings. The van der Waals surface area contributed by atoms with Gasteiger partial charge in [0.15, 0.2) is 0 Å². The molecule has 38 heteroatoms. The molecule has 0 aliphatic heterocycles. The standard InChI is InChI=1S/4Al.4Ca.5H2O4S.5O/c;;;;;;;;5*1-5(2,3)4;;;;;/h;;;;;;;;5*(H2,1,2,3,4);;;;;/q4*+3;4*+2;;;;;;5*-2. The molecule has 38 heavy (non-hydrogen) atoms. The third-order valence-corrected chi connectivity index (χ3v) is 0. The Labute approximate surface area is 379 Å². The number of hydrogen-bond acceptors (Lipinski definition) is 10. The molecule has 0 unspecified atom stereocenters. The van der Waals surface area contributed by atoms with Gasteiger partial charge >= 0.3 is 272 Å². The van der Waals surface area contributed by atoms with E-state index in [0.29, 0.717) is 0 Å². The Morgan fingerprint density at radius 3 is 0.237 bits per heavy atom. The maximum atomic E-state index is 8.74. The van der Waals surface area contributed by atoms with Gasteiger partial charge in [-0.15, -0.1) is 0 Å². The molecule has 0 aliphatic carbocycles. The number of hydrogen-bond donors (Lipinski definition) is 10. The molecule has 0 bridgehead atoms. The molecular formula is H10Al4Ca4O25S5+10. The van der Waals surface area contributed by atoms with E-state index < -0.39 is 52.0 Å². The third kappa shape index (κ3) is 1810. The summed E-state index contributed by atoms with van der Waals surface area (Å²) in [6.07, 6.45) is 0. The van der Waals surface area contributed by atoms with Gasteiger partial charge in [-0.05, 0) is 0 Å². The molecule has 0 aromatic rings. The van der Waals surface area contributed by atoms with Crippen LogP contribution in [0.1, 0.15) is 0 Å². The maximum Gasteiger partial charge on any atom is 3.00 e. The molecule has 0 aromatic carbocycles. The average molecular weight is 839 g/mol. The van der Waals surface area contributed by atoms with E-state index in [-0.39, 0.29) is 248 Å². The van der Waals surface area contributed by atoms with Gasteiger partial charge in [0.25, 0.3) is 0 Å². The van der Waals surface area contributed by atoms with E-state index in [1.807, 2.05) is 0 Å². The molecule has 0 amide bonds. The van der Waals surface area contributed by atoms with E-state index >= 15 is 0 Å². The molecule has 0 aromatic heterocycles. The first-order valence-electron chi connectivity index (χ1n) is 3.49. The Hall–Kier alpha value is 6.32. The van der Waals surface area contributed by atoms with Crippen molar-refractivity contribution in [3.05, 3.63) is 0 Å². The summed E-state index contributed by atoms with van der Waals surface area (Å²) < 4.78 is 158. The summed E-state index contributed by atoms with van der Waals surface area (Å²) in [5.41, 5.74) is 0. The Kier molecular flexibility index (Phi) is 186. The van der Waals surface area contributed by atoms with Crippen molar-refractivity contribution in [3.8, 4) is 0 Å². The third-order valence-electron chi connectivity index (χ3n) is 0. The smallest absolute Gasteiger partial charge is 2.00 e. The van der Waals surface area contributed by atoms with Crippen molar-refractivity contribution < 1.29 is 115 Å². The fourth-order valence-electron chi connectivity index (χ4n) is 0. The molecule has 0 fully saturated rings. The van der Waals surface area contributed by atoms with Crippen LogP contribution in [0.15, 0.2) is 0 Å². The number of rotatable bonds is 0. The van der Waals surface area contributed by atoms with Crippen LogP contribution in [0, 0.1) is 0 Å². The zero-order chi connectivity index (χ0) is 22.5. The van der Waals surface area contributed by atoms with Gasteiger partial charge in [0.05, 0.1) is 0 Å². The van der Waals surface area contributed by atoms with E-state index in [4.69, 9.17) is 87.6 Å². The molecule has 0 atom stereocenters. The van der Waals surface area contributed by atoms with Crippen molar-refractivity contribution in [2.45, 2.75) is 0 Å². The zero-order valence-electron chi connectivity index (χ0n) is 17.8. The second kappa shape index (κ2) is 58.8. The monoisotopic (exact) mass is 838 g/mol. The minimum atomic E-state index is -4.67. The summed E-state index contributed by atoms with van der Waals surface area (Å²) in [5, 5.41) is 0. The molecule has 0 rings (SSSR count). The van der Waals surface area contributed by atoms with Crippen LogP contribution in [0.5, 0.6) is 0 Å². The van der Waals surface area contributed by atoms with Gasteiger partial charge in [-0.1, -0.05) is 0 Å². The Morgan fingerprint density at radius 2 is 0.237 bits per heavy atom. The van der Waals surface area contributed by atoms with Crippen molar-refractivity contribution in [2.24, 2.45) is 0 Å². The summed E-state index contributed by atoms with van der Waals surface area (Å²) in [4.78, 5) is 0. The molecular weight excluding hydrogens is 829 g/mol. The van der Waals surface area contributed by atoms with Crippen LogP contribution in [0.4, 0.5) is 0 Å². The summed E-state index contributed by atoms with van der Waals surface area (Å²) >= 11 is 0. The fraction of sp³-hybridized carbons (Fsp3) is 0. The zero-order valence-corrected chi connectivity index (χ0v) is 35.3. The minimum Gasteiger partial charge on any atom is -2.00 e. The summed E-state index contributed by atoms with van der Waals surface area (Å²) in [5.74, 6) is 0. The second-order valence-electron chi connectivity index (χ2n) is 2.24. The van der Waals surface area contributed by atoms with Gasteiger partial charge in [0.1, 0.15) is 0 Å². The Bertz CT molecular complexity index is 646. The maximum absolute atomic E-state index is 8.74. The fourth-order valence-corrected chi connectivity index (χ4v) is 0. The SMILES string of the molecule is O=S(=O)(O)O.O=S(=O)(O)O.O=S(=O)(O)O.O=S(=O)(O)O.O=S(=O)(O)O.[Al+3].[Al+3].[Al+3].[Al+3].[Ca+2].[Ca+2].[Ca+2].[Ca+2].[O-2].[O-2].[O-2].[O-2].[O-2]. The van der Waals surface area contributed by atoms with Crippen LogP contribution in [-0.4, -0.2) is 308 Å². The predicted octanol–water partition coefficient (Wildman–Crippen LogP) is -6.90. The van der Waals surface area contributed by atoms with E-state index in [1.165, 1.54) is 0 Å². The van der Waals surface area contributed by atoms with E-state index in [2.05, 4.69) is 0 Å².